The van der Waals surface area contributed by atoms with Crippen molar-refractivity contribution in [2.75, 3.05) is 6.61 Å². The normalized spacial score (nSPS) is 17.1. The van der Waals surface area contributed by atoms with Crippen molar-refractivity contribution in [3.05, 3.63) is 77.7 Å². The van der Waals surface area contributed by atoms with Crippen molar-refractivity contribution >= 4 is 34.6 Å². The van der Waals surface area contributed by atoms with E-state index in [2.05, 4.69) is 11.6 Å². The molecule has 0 atom stereocenters. The van der Waals surface area contributed by atoms with E-state index in [1.165, 1.54) is 11.8 Å². The summed E-state index contributed by atoms with van der Waals surface area (Å²) in [6.07, 6.45) is 3.60. The summed E-state index contributed by atoms with van der Waals surface area (Å²) in [5.74, 6) is 0.759. The number of benzene rings is 2. The zero-order valence-corrected chi connectivity index (χ0v) is 16.3. The monoisotopic (exact) mass is 378 g/mol. The first-order valence-electron chi connectivity index (χ1n) is 8.79. The average molecular weight is 378 g/mol. The Bertz CT molecular complexity index is 871. The lowest BCUT2D eigenvalue weighted by molar-refractivity contribution is -0.123. The first-order chi connectivity index (χ1) is 13.1. The molecule has 1 heterocycles. The van der Waals surface area contributed by atoms with E-state index in [1.54, 1.807) is 11.0 Å². The maximum absolute atomic E-state index is 12.9. The number of ether oxygens (including phenoxy) is 1. The van der Waals surface area contributed by atoms with Gasteiger partial charge in [-0.05, 0) is 61.5 Å². The highest BCUT2D eigenvalue weighted by atomic mass is 32.2. The lowest BCUT2D eigenvalue weighted by Gasteiger charge is -2.19. The van der Waals surface area contributed by atoms with Gasteiger partial charge >= 0.3 is 0 Å². The van der Waals surface area contributed by atoms with Crippen LogP contribution in [-0.4, -0.2) is 28.6 Å². The molecule has 0 aromatic heterocycles. The van der Waals surface area contributed by atoms with Gasteiger partial charge in [0.25, 0.3) is 5.91 Å². The predicted octanol–water partition coefficient (Wildman–Crippen LogP) is 5.26. The first-order valence-corrected chi connectivity index (χ1v) is 9.60. The largest absolute Gasteiger partial charge is 0.490 e. The number of thioether (sulfide) groups is 1. The van der Waals surface area contributed by atoms with Gasteiger partial charge < -0.3 is 4.74 Å². The van der Waals surface area contributed by atoms with Crippen molar-refractivity contribution in [1.82, 2.24) is 4.90 Å². The second-order valence-electron chi connectivity index (χ2n) is 6.28. The Morgan fingerprint density at radius 2 is 1.85 bits per heavy atom. The number of hydrogen-bond donors (Lipinski definition) is 0. The van der Waals surface area contributed by atoms with E-state index in [-0.39, 0.29) is 11.9 Å². The molecule has 1 saturated heterocycles. The summed E-state index contributed by atoms with van der Waals surface area (Å²) in [6, 6.07) is 17.4. The Morgan fingerprint density at radius 3 is 2.48 bits per heavy atom. The summed E-state index contributed by atoms with van der Waals surface area (Å²) in [4.78, 5) is 20.0. The fourth-order valence-corrected chi connectivity index (χ4v) is 3.72. The molecule has 0 radical (unpaired) electrons. The summed E-state index contributed by atoms with van der Waals surface area (Å²) in [6.45, 7) is 8.09. The molecule has 2 aromatic rings. The SMILES string of the molecule is C=CCOc1ccc(/C=C2/SC(=Nc3ccccc3)N(C(C)C)C2=O)cc1. The number of para-hydroxylation sites is 1. The number of carbonyl (C=O) groups excluding carboxylic acids is 1. The smallest absolute Gasteiger partial charge is 0.266 e. The molecule has 27 heavy (non-hydrogen) atoms. The van der Waals surface area contributed by atoms with E-state index >= 15 is 0 Å². The van der Waals surface area contributed by atoms with Gasteiger partial charge in [-0.2, -0.15) is 0 Å². The summed E-state index contributed by atoms with van der Waals surface area (Å²) in [7, 11) is 0. The number of nitrogens with zero attached hydrogens (tertiary/aromatic N) is 2. The molecule has 5 heteroatoms. The quantitative estimate of drug-likeness (QED) is 0.508. The maximum atomic E-state index is 12.9. The summed E-state index contributed by atoms with van der Waals surface area (Å²) in [5, 5.41) is 0.707. The molecule has 1 fully saturated rings. The molecular formula is C22H22N2O2S. The van der Waals surface area contributed by atoms with Crippen LogP contribution in [0.2, 0.25) is 0 Å². The van der Waals surface area contributed by atoms with Crippen LogP contribution in [0.4, 0.5) is 5.69 Å². The molecule has 1 amide bonds. The van der Waals surface area contributed by atoms with Crippen LogP contribution < -0.4 is 4.74 Å². The molecule has 0 unspecified atom stereocenters. The Balaban J connectivity index is 1.85. The molecule has 2 aromatic carbocycles. The van der Waals surface area contributed by atoms with Crippen LogP contribution >= 0.6 is 11.8 Å². The third-order valence-corrected chi connectivity index (χ3v) is 4.86. The van der Waals surface area contributed by atoms with Crippen molar-refractivity contribution in [2.24, 2.45) is 4.99 Å². The van der Waals surface area contributed by atoms with Crippen LogP contribution in [0.3, 0.4) is 0 Å². The summed E-state index contributed by atoms with van der Waals surface area (Å²) >= 11 is 1.41. The van der Waals surface area contributed by atoms with Crippen molar-refractivity contribution in [3.63, 3.8) is 0 Å². The average Bonchev–Trinajstić information content (AvgIpc) is 2.97. The molecular weight excluding hydrogens is 356 g/mol. The van der Waals surface area contributed by atoms with Crippen molar-refractivity contribution in [2.45, 2.75) is 19.9 Å². The van der Waals surface area contributed by atoms with Crippen molar-refractivity contribution < 1.29 is 9.53 Å². The lowest BCUT2D eigenvalue weighted by Crippen LogP contribution is -2.35. The second kappa shape index (κ2) is 8.73. The van der Waals surface area contributed by atoms with Gasteiger partial charge in [-0.1, -0.05) is 43.0 Å². The van der Waals surface area contributed by atoms with Gasteiger partial charge in [-0.15, -0.1) is 0 Å². The Labute approximate surface area is 164 Å². The van der Waals surface area contributed by atoms with Crippen LogP contribution in [0.25, 0.3) is 6.08 Å². The molecule has 1 aliphatic heterocycles. The molecule has 0 spiro atoms. The predicted molar refractivity (Wildman–Crippen MR) is 113 cm³/mol. The van der Waals surface area contributed by atoms with E-state index in [0.29, 0.717) is 16.7 Å². The van der Waals surface area contributed by atoms with E-state index in [4.69, 9.17) is 4.74 Å². The van der Waals surface area contributed by atoms with Gasteiger partial charge in [0.15, 0.2) is 5.17 Å². The topological polar surface area (TPSA) is 41.9 Å². The Hall–Kier alpha value is -2.79. The van der Waals surface area contributed by atoms with Crippen LogP contribution in [0, 0.1) is 0 Å². The van der Waals surface area contributed by atoms with E-state index < -0.39 is 0 Å². The minimum atomic E-state index is -0.0170. The Morgan fingerprint density at radius 1 is 1.15 bits per heavy atom. The van der Waals surface area contributed by atoms with Gasteiger partial charge in [-0.3, -0.25) is 9.69 Å². The van der Waals surface area contributed by atoms with Gasteiger partial charge in [0.05, 0.1) is 10.6 Å². The molecule has 138 valence electrons. The Kier molecular flexibility index (Phi) is 6.14. The molecule has 1 aliphatic rings. The highest BCUT2D eigenvalue weighted by Crippen LogP contribution is 2.35. The molecule has 0 bridgehead atoms. The number of hydrogen-bond acceptors (Lipinski definition) is 4. The van der Waals surface area contributed by atoms with Gasteiger partial charge in [0.1, 0.15) is 12.4 Å². The van der Waals surface area contributed by atoms with Crippen molar-refractivity contribution in [1.29, 1.82) is 0 Å². The molecule has 3 rings (SSSR count). The number of rotatable bonds is 6. The third-order valence-electron chi connectivity index (χ3n) is 3.88. The molecule has 0 N–H and O–H groups in total. The molecule has 0 saturated carbocycles. The number of aliphatic imine (C=N–C) groups is 1. The summed E-state index contributed by atoms with van der Waals surface area (Å²) in [5.41, 5.74) is 1.78. The van der Waals surface area contributed by atoms with Gasteiger partial charge in [0, 0.05) is 6.04 Å². The highest BCUT2D eigenvalue weighted by Gasteiger charge is 2.35. The number of amidine groups is 1. The highest BCUT2D eigenvalue weighted by molar-refractivity contribution is 8.18. The third kappa shape index (κ3) is 4.68. The van der Waals surface area contributed by atoms with Gasteiger partial charge in [-0.25, -0.2) is 4.99 Å². The van der Waals surface area contributed by atoms with Crippen LogP contribution in [0.5, 0.6) is 5.75 Å². The first kappa shape index (κ1) is 19.0. The van der Waals surface area contributed by atoms with Crippen LogP contribution in [-0.2, 0) is 4.79 Å². The number of amides is 1. The fraction of sp³-hybridized carbons (Fsp3) is 0.182. The zero-order valence-electron chi connectivity index (χ0n) is 15.5. The molecule has 4 nitrogen and oxygen atoms in total. The lowest BCUT2D eigenvalue weighted by atomic mass is 10.2. The number of carbonyl (C=O) groups is 1. The van der Waals surface area contributed by atoms with Crippen molar-refractivity contribution in [3.8, 4) is 5.75 Å². The zero-order chi connectivity index (χ0) is 19.2. The maximum Gasteiger partial charge on any atom is 0.266 e. The standard InChI is InChI=1S/C22H22N2O2S/c1-4-14-26-19-12-10-17(11-13-19)15-20-21(25)24(16(2)3)22(27-20)23-18-8-6-5-7-9-18/h4-13,15-16H,1,14H2,2-3H3/b20-15+,23-22?. The van der Waals surface area contributed by atoms with E-state index in [0.717, 1.165) is 17.0 Å². The molecule has 0 aliphatic carbocycles. The summed E-state index contributed by atoms with van der Waals surface area (Å²) < 4.78 is 5.49. The second-order valence-corrected chi connectivity index (χ2v) is 7.29. The van der Waals surface area contributed by atoms with E-state index in [9.17, 15) is 4.79 Å². The minimum absolute atomic E-state index is 0.0170. The fourth-order valence-electron chi connectivity index (χ4n) is 2.60. The van der Waals surface area contributed by atoms with Gasteiger partial charge in [0.2, 0.25) is 0 Å². The minimum Gasteiger partial charge on any atom is -0.490 e. The van der Waals surface area contributed by atoms with Crippen LogP contribution in [0.1, 0.15) is 19.4 Å². The van der Waals surface area contributed by atoms with E-state index in [1.807, 2.05) is 74.5 Å². The van der Waals surface area contributed by atoms with Crippen LogP contribution in [0.15, 0.2) is 77.1 Å².